The highest BCUT2D eigenvalue weighted by Gasteiger charge is 2.49. The SMILES string of the molecule is CC(CN1C(=O)C2CCCCC2C1=O)OC(=O)CCc1cccc(CCC(=O)OC(C)CN2C(=O)C3CCCCC3C2=O)c1. The molecule has 0 N–H and O–H groups in total. The first kappa shape index (κ1) is 31.9. The van der Waals surface area contributed by atoms with Crippen LogP contribution in [0.15, 0.2) is 24.3 Å². The lowest BCUT2D eigenvalue weighted by Crippen LogP contribution is -2.38. The summed E-state index contributed by atoms with van der Waals surface area (Å²) >= 11 is 0. The van der Waals surface area contributed by atoms with Gasteiger partial charge in [-0.25, -0.2) is 0 Å². The van der Waals surface area contributed by atoms with Crippen molar-refractivity contribution in [3.05, 3.63) is 35.4 Å². The topological polar surface area (TPSA) is 127 Å². The number of hydrogen-bond donors (Lipinski definition) is 0. The summed E-state index contributed by atoms with van der Waals surface area (Å²) in [6.07, 6.45) is 6.92. The van der Waals surface area contributed by atoms with Gasteiger partial charge < -0.3 is 9.47 Å². The lowest BCUT2D eigenvalue weighted by Gasteiger charge is -2.20. The quantitative estimate of drug-likeness (QED) is 0.259. The number of carbonyl (C=O) groups is 6. The number of nitrogens with zero attached hydrogens (tertiary/aromatic N) is 2. The molecule has 2 aliphatic heterocycles. The van der Waals surface area contributed by atoms with Gasteiger partial charge in [0.25, 0.3) is 0 Å². The van der Waals surface area contributed by atoms with E-state index in [9.17, 15) is 28.8 Å². The van der Waals surface area contributed by atoms with Crippen LogP contribution in [0.4, 0.5) is 0 Å². The van der Waals surface area contributed by atoms with E-state index in [0.717, 1.165) is 62.5 Å². The van der Waals surface area contributed by atoms with E-state index in [1.54, 1.807) is 13.8 Å². The molecule has 2 heterocycles. The normalized spacial score (nSPS) is 26.3. The number of amides is 4. The number of ether oxygens (including phenoxy) is 2. The van der Waals surface area contributed by atoms with Crippen molar-refractivity contribution in [2.24, 2.45) is 23.7 Å². The van der Waals surface area contributed by atoms with Crippen molar-refractivity contribution >= 4 is 35.6 Å². The zero-order chi connectivity index (χ0) is 31.4. The van der Waals surface area contributed by atoms with Gasteiger partial charge in [0.05, 0.1) is 36.8 Å². The second kappa shape index (κ2) is 14.0. The maximum absolute atomic E-state index is 12.7. The number of imide groups is 2. The van der Waals surface area contributed by atoms with Crippen LogP contribution in [-0.2, 0) is 51.1 Å². The van der Waals surface area contributed by atoms with Crippen molar-refractivity contribution in [1.82, 2.24) is 9.80 Å². The minimum Gasteiger partial charge on any atom is -0.461 e. The first-order valence-corrected chi connectivity index (χ1v) is 16.3. The summed E-state index contributed by atoms with van der Waals surface area (Å²) in [7, 11) is 0. The van der Waals surface area contributed by atoms with Crippen LogP contribution in [0.2, 0.25) is 0 Å². The molecule has 2 saturated heterocycles. The molecule has 0 radical (unpaired) electrons. The Kier molecular flexibility index (Phi) is 10.2. The predicted molar refractivity (Wildman–Crippen MR) is 159 cm³/mol. The average Bonchev–Trinajstić information content (AvgIpc) is 3.39. The number of hydrogen-bond acceptors (Lipinski definition) is 8. The van der Waals surface area contributed by atoms with Gasteiger partial charge in [0.2, 0.25) is 23.6 Å². The zero-order valence-electron chi connectivity index (χ0n) is 25.8. The Morgan fingerprint density at radius 1 is 0.659 bits per heavy atom. The highest BCUT2D eigenvalue weighted by molar-refractivity contribution is 6.05. The molecule has 6 atom stereocenters. The zero-order valence-corrected chi connectivity index (χ0v) is 25.8. The van der Waals surface area contributed by atoms with E-state index in [4.69, 9.17) is 9.47 Å². The van der Waals surface area contributed by atoms with Crippen LogP contribution in [0.3, 0.4) is 0 Å². The molecule has 4 amide bonds. The number of aryl methyl sites for hydroxylation is 2. The summed E-state index contributed by atoms with van der Waals surface area (Å²) in [6, 6.07) is 7.64. The van der Waals surface area contributed by atoms with Gasteiger partial charge in [0.15, 0.2) is 0 Å². The fourth-order valence-corrected chi connectivity index (χ4v) is 7.41. The molecule has 10 heteroatoms. The lowest BCUT2D eigenvalue weighted by molar-refractivity contribution is -0.153. The number of rotatable bonds is 12. The molecule has 0 aromatic heterocycles. The Labute approximate surface area is 258 Å². The van der Waals surface area contributed by atoms with E-state index in [1.807, 2.05) is 24.3 Å². The van der Waals surface area contributed by atoms with Gasteiger partial charge in [0.1, 0.15) is 12.2 Å². The number of carbonyl (C=O) groups excluding carboxylic acids is 6. The molecule has 6 unspecified atom stereocenters. The van der Waals surface area contributed by atoms with Crippen LogP contribution in [0.25, 0.3) is 0 Å². The minimum atomic E-state index is -0.582. The molecule has 2 aliphatic carbocycles. The largest absolute Gasteiger partial charge is 0.461 e. The van der Waals surface area contributed by atoms with E-state index in [0.29, 0.717) is 12.8 Å². The highest BCUT2D eigenvalue weighted by Crippen LogP contribution is 2.39. The fraction of sp³-hybridized carbons (Fsp3) is 0.647. The van der Waals surface area contributed by atoms with E-state index >= 15 is 0 Å². The van der Waals surface area contributed by atoms with Gasteiger partial charge in [-0.15, -0.1) is 0 Å². The molecule has 5 rings (SSSR count). The summed E-state index contributed by atoms with van der Waals surface area (Å²) in [5.74, 6) is -2.19. The molecule has 44 heavy (non-hydrogen) atoms. The first-order chi connectivity index (χ1) is 21.1. The number of esters is 2. The molecule has 1 aromatic rings. The summed E-state index contributed by atoms with van der Waals surface area (Å²) in [5.41, 5.74) is 1.85. The summed E-state index contributed by atoms with van der Waals surface area (Å²) in [6.45, 7) is 3.58. The van der Waals surface area contributed by atoms with E-state index in [1.165, 1.54) is 9.80 Å². The van der Waals surface area contributed by atoms with Crippen LogP contribution in [0, 0.1) is 23.7 Å². The molecule has 238 valence electrons. The Morgan fingerprint density at radius 2 is 1.00 bits per heavy atom. The predicted octanol–water partition coefficient (Wildman–Crippen LogP) is 3.77. The second-order valence-corrected chi connectivity index (χ2v) is 13.0. The van der Waals surface area contributed by atoms with Crippen molar-refractivity contribution in [2.45, 2.75) is 103 Å². The standard InChI is InChI=1S/C34H44N2O8/c1-21(19-35-31(39)25-10-3-4-11-26(25)32(35)40)43-29(37)16-14-23-8-7-9-24(18-23)15-17-30(38)44-22(2)20-36-33(41)27-12-5-6-13-28(27)34(36)42/h7-9,18,21-22,25-28H,3-6,10-17,19-20H2,1-2H3. The summed E-state index contributed by atoms with van der Waals surface area (Å²) < 4.78 is 11.1. The molecule has 0 spiro atoms. The first-order valence-electron chi connectivity index (χ1n) is 16.3. The van der Waals surface area contributed by atoms with Crippen LogP contribution in [-0.4, -0.2) is 70.7 Å². The van der Waals surface area contributed by atoms with Crippen LogP contribution >= 0.6 is 0 Å². The third kappa shape index (κ3) is 7.21. The van der Waals surface area contributed by atoms with Gasteiger partial charge in [-0.2, -0.15) is 0 Å². The van der Waals surface area contributed by atoms with Crippen LogP contribution in [0.5, 0.6) is 0 Å². The molecular weight excluding hydrogens is 564 g/mol. The Morgan fingerprint density at radius 3 is 1.34 bits per heavy atom. The lowest BCUT2D eigenvalue weighted by atomic mass is 9.81. The Hall–Kier alpha value is -3.56. The molecule has 10 nitrogen and oxygen atoms in total. The van der Waals surface area contributed by atoms with E-state index < -0.39 is 24.1 Å². The molecule has 1 aromatic carbocycles. The second-order valence-electron chi connectivity index (χ2n) is 13.0. The Bertz CT molecular complexity index is 1150. The van der Waals surface area contributed by atoms with Gasteiger partial charge in [-0.3, -0.25) is 38.6 Å². The van der Waals surface area contributed by atoms with Crippen molar-refractivity contribution in [3.8, 4) is 0 Å². The number of likely N-dealkylation sites (tertiary alicyclic amines) is 2. The maximum atomic E-state index is 12.7. The van der Waals surface area contributed by atoms with Crippen molar-refractivity contribution in [2.75, 3.05) is 13.1 Å². The summed E-state index contributed by atoms with van der Waals surface area (Å²) in [4.78, 5) is 78.5. The Balaban J connectivity index is 1.02. The molecular formula is C34H44N2O8. The summed E-state index contributed by atoms with van der Waals surface area (Å²) in [5, 5.41) is 0. The maximum Gasteiger partial charge on any atom is 0.306 e. The molecule has 4 aliphatic rings. The number of fused-ring (bicyclic) bond motifs is 2. The average molecular weight is 609 g/mol. The van der Waals surface area contributed by atoms with Crippen molar-refractivity contribution < 1.29 is 38.2 Å². The van der Waals surface area contributed by atoms with Crippen molar-refractivity contribution in [3.63, 3.8) is 0 Å². The minimum absolute atomic E-state index is 0.0896. The van der Waals surface area contributed by atoms with Gasteiger partial charge in [-0.1, -0.05) is 49.9 Å². The van der Waals surface area contributed by atoms with E-state index in [-0.39, 0.29) is 73.2 Å². The highest BCUT2D eigenvalue weighted by atomic mass is 16.5. The fourth-order valence-electron chi connectivity index (χ4n) is 7.41. The molecule has 4 fully saturated rings. The molecule has 2 saturated carbocycles. The molecule has 0 bridgehead atoms. The monoisotopic (exact) mass is 608 g/mol. The van der Waals surface area contributed by atoms with Crippen molar-refractivity contribution in [1.29, 1.82) is 0 Å². The van der Waals surface area contributed by atoms with Gasteiger partial charge >= 0.3 is 11.9 Å². The third-order valence-electron chi connectivity index (χ3n) is 9.64. The van der Waals surface area contributed by atoms with E-state index in [2.05, 4.69) is 0 Å². The van der Waals surface area contributed by atoms with Crippen LogP contribution in [0.1, 0.15) is 89.2 Å². The van der Waals surface area contributed by atoms with Gasteiger partial charge in [0, 0.05) is 12.8 Å². The smallest absolute Gasteiger partial charge is 0.306 e. The third-order valence-corrected chi connectivity index (χ3v) is 9.64. The van der Waals surface area contributed by atoms with Crippen LogP contribution < -0.4 is 0 Å². The number of benzene rings is 1. The van der Waals surface area contributed by atoms with Gasteiger partial charge in [-0.05, 0) is 63.5 Å².